The largest absolute Gasteiger partial charge is 0.233 e. The first-order chi connectivity index (χ1) is 6.70. The van der Waals surface area contributed by atoms with Gasteiger partial charge in [-0.2, -0.15) is 0 Å². The molecule has 1 aliphatic rings. The molecular weight excluding hydrogens is 196 g/mol. The summed E-state index contributed by atoms with van der Waals surface area (Å²) in [5.41, 5.74) is 2.10. The number of allylic oxidation sites excluding steroid dienone is 2. The Morgan fingerprint density at radius 1 is 1.50 bits per heavy atom. The Bertz CT molecular complexity index is 381. The Morgan fingerprint density at radius 3 is 2.79 bits per heavy atom. The Labute approximate surface area is 89.0 Å². The lowest BCUT2D eigenvalue weighted by molar-refractivity contribution is 0.918. The molecule has 1 aliphatic carbocycles. The van der Waals surface area contributed by atoms with Gasteiger partial charge in [-0.15, -0.1) is 0 Å². The number of aromatic nitrogens is 2. The quantitative estimate of drug-likeness (QED) is 0.696. The lowest BCUT2D eigenvalue weighted by atomic mass is 10.2. The average Bonchev–Trinajstić information content (AvgIpc) is 2.98. The second-order valence-electron chi connectivity index (χ2n) is 3.68. The number of rotatable bonds is 2. The van der Waals surface area contributed by atoms with Crippen LogP contribution in [0.4, 0.5) is 0 Å². The number of hydrogen-bond acceptors (Lipinski definition) is 2. The van der Waals surface area contributed by atoms with Gasteiger partial charge in [0.15, 0.2) is 0 Å². The fourth-order valence-electron chi connectivity index (χ4n) is 1.31. The van der Waals surface area contributed by atoms with E-state index in [1.807, 2.05) is 26.0 Å². The SMILES string of the molecule is C/C=C(\C)c1cc(Cl)nc(C2CC2)n1. The minimum absolute atomic E-state index is 0.553. The first-order valence-electron chi connectivity index (χ1n) is 4.88. The molecule has 0 spiro atoms. The molecule has 1 saturated carbocycles. The minimum Gasteiger partial charge on any atom is -0.233 e. The number of hydrogen-bond donors (Lipinski definition) is 0. The van der Waals surface area contributed by atoms with Gasteiger partial charge in [0.05, 0.1) is 5.69 Å². The standard InChI is InChI=1S/C11H13ClN2/c1-3-7(2)9-6-10(12)14-11(13-9)8-4-5-8/h3,6,8H,4-5H2,1-2H3/b7-3+. The van der Waals surface area contributed by atoms with Crippen molar-refractivity contribution < 1.29 is 0 Å². The summed E-state index contributed by atoms with van der Waals surface area (Å²) in [6.45, 7) is 4.04. The van der Waals surface area contributed by atoms with E-state index in [9.17, 15) is 0 Å². The molecule has 1 heterocycles. The molecule has 2 nitrogen and oxygen atoms in total. The maximum Gasteiger partial charge on any atom is 0.133 e. The highest BCUT2D eigenvalue weighted by Gasteiger charge is 2.27. The molecular formula is C11H13ClN2. The normalized spacial score (nSPS) is 17.2. The van der Waals surface area contributed by atoms with Crippen LogP contribution < -0.4 is 0 Å². The van der Waals surface area contributed by atoms with Gasteiger partial charge in [-0.1, -0.05) is 17.7 Å². The van der Waals surface area contributed by atoms with Gasteiger partial charge >= 0.3 is 0 Å². The molecule has 1 aromatic heterocycles. The molecule has 3 heteroatoms. The second kappa shape index (κ2) is 3.70. The zero-order valence-electron chi connectivity index (χ0n) is 8.42. The van der Waals surface area contributed by atoms with Crippen molar-refractivity contribution in [3.05, 3.63) is 28.8 Å². The maximum absolute atomic E-state index is 5.94. The second-order valence-corrected chi connectivity index (χ2v) is 4.07. The third kappa shape index (κ3) is 1.95. The first kappa shape index (κ1) is 9.66. The molecule has 0 amide bonds. The van der Waals surface area contributed by atoms with E-state index >= 15 is 0 Å². The summed E-state index contributed by atoms with van der Waals surface area (Å²) in [5.74, 6) is 1.46. The maximum atomic E-state index is 5.94. The van der Waals surface area contributed by atoms with E-state index in [-0.39, 0.29) is 0 Å². The highest BCUT2D eigenvalue weighted by Crippen LogP contribution is 2.38. The van der Waals surface area contributed by atoms with Gasteiger partial charge < -0.3 is 0 Å². The van der Waals surface area contributed by atoms with Crippen LogP contribution in [0.2, 0.25) is 5.15 Å². The van der Waals surface area contributed by atoms with Gasteiger partial charge in [0.2, 0.25) is 0 Å². The van der Waals surface area contributed by atoms with Gasteiger partial charge in [-0.3, -0.25) is 0 Å². The van der Waals surface area contributed by atoms with Crippen LogP contribution in [0.15, 0.2) is 12.1 Å². The van der Waals surface area contributed by atoms with Crippen molar-refractivity contribution in [3.8, 4) is 0 Å². The third-order valence-electron chi connectivity index (χ3n) is 2.49. The van der Waals surface area contributed by atoms with Crippen LogP contribution in [-0.2, 0) is 0 Å². The van der Waals surface area contributed by atoms with Crippen molar-refractivity contribution in [2.45, 2.75) is 32.6 Å². The van der Waals surface area contributed by atoms with Crippen LogP contribution in [-0.4, -0.2) is 9.97 Å². The number of nitrogens with zero attached hydrogens (tertiary/aromatic N) is 2. The fourth-order valence-corrected chi connectivity index (χ4v) is 1.50. The lowest BCUT2D eigenvalue weighted by Gasteiger charge is -2.03. The minimum atomic E-state index is 0.553. The smallest absolute Gasteiger partial charge is 0.133 e. The molecule has 1 aromatic rings. The van der Waals surface area contributed by atoms with Crippen LogP contribution >= 0.6 is 11.6 Å². The fraction of sp³-hybridized carbons (Fsp3) is 0.455. The monoisotopic (exact) mass is 208 g/mol. The van der Waals surface area contributed by atoms with Crippen LogP contribution in [0, 0.1) is 0 Å². The summed E-state index contributed by atoms with van der Waals surface area (Å²) in [6.07, 6.45) is 4.44. The van der Waals surface area contributed by atoms with E-state index < -0.39 is 0 Å². The summed E-state index contributed by atoms with van der Waals surface area (Å²) < 4.78 is 0. The molecule has 2 rings (SSSR count). The Balaban J connectivity index is 2.40. The van der Waals surface area contributed by atoms with E-state index in [0.29, 0.717) is 11.1 Å². The highest BCUT2D eigenvalue weighted by molar-refractivity contribution is 6.29. The lowest BCUT2D eigenvalue weighted by Crippen LogP contribution is -1.96. The molecule has 0 atom stereocenters. The van der Waals surface area contributed by atoms with E-state index in [0.717, 1.165) is 17.1 Å². The zero-order valence-corrected chi connectivity index (χ0v) is 9.17. The van der Waals surface area contributed by atoms with Crippen molar-refractivity contribution in [1.29, 1.82) is 0 Å². The summed E-state index contributed by atoms with van der Waals surface area (Å²) in [4.78, 5) is 8.74. The molecule has 14 heavy (non-hydrogen) atoms. The van der Waals surface area contributed by atoms with Crippen molar-refractivity contribution >= 4 is 17.2 Å². The van der Waals surface area contributed by atoms with E-state index in [1.165, 1.54) is 12.8 Å². The molecule has 0 bridgehead atoms. The number of halogens is 1. The predicted octanol–water partition coefficient (Wildman–Crippen LogP) is 3.43. The molecule has 0 N–H and O–H groups in total. The molecule has 0 unspecified atom stereocenters. The zero-order chi connectivity index (χ0) is 10.1. The van der Waals surface area contributed by atoms with Gasteiger partial charge in [-0.25, -0.2) is 9.97 Å². The van der Waals surface area contributed by atoms with E-state index in [2.05, 4.69) is 9.97 Å². The summed E-state index contributed by atoms with van der Waals surface area (Å²) in [6, 6.07) is 1.82. The van der Waals surface area contributed by atoms with Crippen LogP contribution in [0.25, 0.3) is 5.57 Å². The summed E-state index contributed by atoms with van der Waals surface area (Å²) >= 11 is 5.94. The Hall–Kier alpha value is -0.890. The van der Waals surface area contributed by atoms with Crippen molar-refractivity contribution in [3.63, 3.8) is 0 Å². The van der Waals surface area contributed by atoms with Gasteiger partial charge in [0.1, 0.15) is 11.0 Å². The molecule has 0 aliphatic heterocycles. The van der Waals surface area contributed by atoms with Gasteiger partial charge in [-0.05, 0) is 32.3 Å². The molecule has 74 valence electrons. The Kier molecular flexibility index (Phi) is 2.55. The highest BCUT2D eigenvalue weighted by atomic mass is 35.5. The molecule has 0 radical (unpaired) electrons. The van der Waals surface area contributed by atoms with Crippen molar-refractivity contribution in [2.75, 3.05) is 0 Å². The summed E-state index contributed by atoms with van der Waals surface area (Å²) in [5, 5.41) is 0.554. The summed E-state index contributed by atoms with van der Waals surface area (Å²) in [7, 11) is 0. The Morgan fingerprint density at radius 2 is 2.21 bits per heavy atom. The molecule has 0 aromatic carbocycles. The van der Waals surface area contributed by atoms with Gasteiger partial charge in [0, 0.05) is 12.0 Å². The van der Waals surface area contributed by atoms with Crippen molar-refractivity contribution in [1.82, 2.24) is 9.97 Å². The molecule has 0 saturated heterocycles. The van der Waals surface area contributed by atoms with Crippen LogP contribution in [0.1, 0.15) is 44.1 Å². The van der Waals surface area contributed by atoms with Gasteiger partial charge in [0.25, 0.3) is 0 Å². The topological polar surface area (TPSA) is 25.8 Å². The van der Waals surface area contributed by atoms with Crippen LogP contribution in [0.3, 0.4) is 0 Å². The average molecular weight is 209 g/mol. The molecule has 1 fully saturated rings. The van der Waals surface area contributed by atoms with E-state index in [4.69, 9.17) is 11.6 Å². The van der Waals surface area contributed by atoms with Crippen LogP contribution in [0.5, 0.6) is 0 Å². The predicted molar refractivity (Wildman–Crippen MR) is 58.3 cm³/mol. The first-order valence-corrected chi connectivity index (χ1v) is 5.26. The van der Waals surface area contributed by atoms with E-state index in [1.54, 1.807) is 0 Å². The van der Waals surface area contributed by atoms with Crippen molar-refractivity contribution in [2.24, 2.45) is 0 Å². The third-order valence-corrected chi connectivity index (χ3v) is 2.69.